The van der Waals surface area contributed by atoms with Crippen LogP contribution in [-0.4, -0.2) is 52.1 Å². The largest absolute Gasteiger partial charge is 0.368 e. The summed E-state index contributed by atoms with van der Waals surface area (Å²) in [6, 6.07) is 4.26. The van der Waals surface area contributed by atoms with Crippen LogP contribution in [0.15, 0.2) is 12.1 Å². The van der Waals surface area contributed by atoms with Crippen LogP contribution in [0.2, 0.25) is 10.0 Å². The van der Waals surface area contributed by atoms with Gasteiger partial charge in [-0.2, -0.15) is 15.0 Å². The lowest BCUT2D eigenvalue weighted by molar-refractivity contribution is 0.271. The fraction of sp³-hybridized carbons (Fsp3) is 0.625. The highest BCUT2D eigenvalue weighted by Gasteiger charge is 2.28. The van der Waals surface area contributed by atoms with E-state index >= 15 is 0 Å². The molecule has 2 fully saturated rings. The Morgan fingerprint density at radius 1 is 1.06 bits per heavy atom. The number of nitrogens with zero attached hydrogens (tertiary/aromatic N) is 5. The number of nitrogens with two attached hydrogens (primary N) is 1. The number of halogens is 2. The molecule has 9 heteroatoms. The highest BCUT2D eigenvalue weighted by molar-refractivity contribution is 6.36. The van der Waals surface area contributed by atoms with Gasteiger partial charge < -0.3 is 16.0 Å². The van der Waals surface area contributed by atoms with E-state index in [2.05, 4.69) is 32.0 Å². The molecule has 180 valence electrons. The van der Waals surface area contributed by atoms with Gasteiger partial charge in [0, 0.05) is 34.9 Å². The minimum absolute atomic E-state index is 0.208. The molecule has 4 rings (SSSR count). The zero-order valence-electron chi connectivity index (χ0n) is 19.7. The van der Waals surface area contributed by atoms with Crippen molar-refractivity contribution in [2.75, 3.05) is 42.1 Å². The van der Waals surface area contributed by atoms with E-state index in [1.807, 2.05) is 19.1 Å². The summed E-state index contributed by atoms with van der Waals surface area (Å²) in [6.45, 7) is 7.84. The number of nitrogen functional groups attached to an aromatic ring is 1. The van der Waals surface area contributed by atoms with Crippen LogP contribution < -0.4 is 16.0 Å². The minimum atomic E-state index is 0.208. The Morgan fingerprint density at radius 3 is 2.48 bits per heavy atom. The molecule has 0 amide bonds. The second-order valence-electron chi connectivity index (χ2n) is 9.27. The molecular formula is C24H35Cl2N7. The topological polar surface area (TPSA) is 83.2 Å². The van der Waals surface area contributed by atoms with Gasteiger partial charge in [0.15, 0.2) is 0 Å². The van der Waals surface area contributed by atoms with Crippen LogP contribution in [-0.2, 0) is 0 Å². The highest BCUT2D eigenvalue weighted by Crippen LogP contribution is 2.34. The molecule has 1 aliphatic carbocycles. The Hall–Kier alpha value is -1.83. The Kier molecular flexibility index (Phi) is 8.15. The molecule has 1 unspecified atom stereocenters. The normalized spacial score (nSPS) is 19.7. The Balaban J connectivity index is 1.63. The molecule has 0 radical (unpaired) electrons. The third kappa shape index (κ3) is 6.00. The molecule has 1 atom stereocenters. The lowest BCUT2D eigenvalue weighted by atomic mass is 9.89. The molecule has 33 heavy (non-hydrogen) atoms. The first-order valence-electron chi connectivity index (χ1n) is 12.2. The molecule has 1 aromatic carbocycles. The first-order chi connectivity index (χ1) is 15.9. The molecule has 2 aromatic rings. The fourth-order valence-corrected chi connectivity index (χ4v) is 5.50. The number of likely N-dealkylation sites (tertiary alicyclic amines) is 1. The number of hydrogen-bond donors (Lipinski definition) is 2. The van der Waals surface area contributed by atoms with Crippen LogP contribution >= 0.6 is 23.2 Å². The van der Waals surface area contributed by atoms with Crippen LogP contribution in [0.4, 0.5) is 23.5 Å². The summed E-state index contributed by atoms with van der Waals surface area (Å²) in [4.78, 5) is 18.2. The number of rotatable bonds is 8. The lowest BCUT2D eigenvalue weighted by Gasteiger charge is -2.31. The van der Waals surface area contributed by atoms with E-state index in [1.165, 1.54) is 38.5 Å². The van der Waals surface area contributed by atoms with Crippen molar-refractivity contribution in [3.63, 3.8) is 0 Å². The molecule has 1 saturated heterocycles. The third-order valence-electron chi connectivity index (χ3n) is 7.03. The smallest absolute Gasteiger partial charge is 0.236 e. The second-order valence-corrected chi connectivity index (χ2v) is 10.1. The third-order valence-corrected chi connectivity index (χ3v) is 7.82. The van der Waals surface area contributed by atoms with Gasteiger partial charge in [0.25, 0.3) is 0 Å². The van der Waals surface area contributed by atoms with Gasteiger partial charge in [-0.1, -0.05) is 49.4 Å². The predicted molar refractivity (Wildman–Crippen MR) is 138 cm³/mol. The highest BCUT2D eigenvalue weighted by atomic mass is 35.5. The monoisotopic (exact) mass is 491 g/mol. The number of likely N-dealkylation sites (N-methyl/N-ethyl adjacent to an activating group) is 1. The summed E-state index contributed by atoms with van der Waals surface area (Å²) in [5.41, 5.74) is 7.87. The van der Waals surface area contributed by atoms with Crippen LogP contribution in [0, 0.1) is 12.8 Å². The SMILES string of the molecule is CCN1CCCC1CN(c1cc(Cl)c(C)c(Cl)c1)c1nc(N)nc(NCC2CCCCC2)n1. The van der Waals surface area contributed by atoms with Crippen molar-refractivity contribution < 1.29 is 0 Å². The van der Waals surface area contributed by atoms with E-state index in [4.69, 9.17) is 33.9 Å². The van der Waals surface area contributed by atoms with Gasteiger partial charge in [-0.25, -0.2) is 0 Å². The van der Waals surface area contributed by atoms with E-state index in [0.29, 0.717) is 33.9 Å². The molecule has 0 bridgehead atoms. The van der Waals surface area contributed by atoms with Crippen molar-refractivity contribution in [3.8, 4) is 0 Å². The van der Waals surface area contributed by atoms with E-state index in [9.17, 15) is 0 Å². The van der Waals surface area contributed by atoms with Gasteiger partial charge in [0.2, 0.25) is 17.8 Å². The first kappa shape index (κ1) is 24.3. The van der Waals surface area contributed by atoms with Crippen molar-refractivity contribution in [2.24, 2.45) is 5.92 Å². The standard InChI is InChI=1S/C24H35Cl2N7/c1-3-32-11-7-10-18(32)15-33(19-12-20(25)16(2)21(26)13-19)24-30-22(27)29-23(31-24)28-14-17-8-5-4-6-9-17/h12-13,17-18H,3-11,14-15H2,1-2H3,(H3,27,28,29,30,31). The summed E-state index contributed by atoms with van der Waals surface area (Å²) >= 11 is 13.0. The van der Waals surface area contributed by atoms with Gasteiger partial charge in [-0.05, 0) is 69.3 Å². The molecule has 7 nitrogen and oxygen atoms in total. The van der Waals surface area contributed by atoms with E-state index in [-0.39, 0.29) is 5.95 Å². The number of anilines is 4. The van der Waals surface area contributed by atoms with Crippen LogP contribution in [0.25, 0.3) is 0 Å². The van der Waals surface area contributed by atoms with Crippen molar-refractivity contribution in [2.45, 2.75) is 64.8 Å². The number of hydrogen-bond acceptors (Lipinski definition) is 7. The van der Waals surface area contributed by atoms with Gasteiger partial charge in [-0.15, -0.1) is 0 Å². The molecule has 2 aliphatic rings. The molecular weight excluding hydrogens is 457 g/mol. The van der Waals surface area contributed by atoms with Crippen molar-refractivity contribution in [1.82, 2.24) is 19.9 Å². The number of benzene rings is 1. The quantitative estimate of drug-likeness (QED) is 0.490. The summed E-state index contributed by atoms with van der Waals surface area (Å²) in [6.07, 6.45) is 8.76. The Bertz CT molecular complexity index is 925. The summed E-state index contributed by atoms with van der Waals surface area (Å²) in [5.74, 6) is 1.91. The Morgan fingerprint density at radius 2 is 1.79 bits per heavy atom. The molecule has 2 heterocycles. The summed E-state index contributed by atoms with van der Waals surface area (Å²) < 4.78 is 0. The van der Waals surface area contributed by atoms with E-state index in [0.717, 1.165) is 43.9 Å². The molecule has 1 aliphatic heterocycles. The van der Waals surface area contributed by atoms with Gasteiger partial charge >= 0.3 is 0 Å². The maximum Gasteiger partial charge on any atom is 0.236 e. The summed E-state index contributed by atoms with van der Waals surface area (Å²) in [7, 11) is 0. The van der Waals surface area contributed by atoms with Gasteiger partial charge in [0.1, 0.15) is 0 Å². The fourth-order valence-electron chi connectivity index (χ4n) is 5.03. The average Bonchev–Trinajstić information content (AvgIpc) is 3.27. The van der Waals surface area contributed by atoms with Crippen LogP contribution in [0.3, 0.4) is 0 Å². The van der Waals surface area contributed by atoms with Crippen molar-refractivity contribution in [1.29, 1.82) is 0 Å². The maximum atomic E-state index is 6.51. The zero-order valence-corrected chi connectivity index (χ0v) is 21.2. The molecule has 3 N–H and O–H groups in total. The maximum absolute atomic E-state index is 6.51. The van der Waals surface area contributed by atoms with E-state index in [1.54, 1.807) is 0 Å². The number of aromatic nitrogens is 3. The van der Waals surface area contributed by atoms with Gasteiger partial charge in [-0.3, -0.25) is 4.90 Å². The number of nitrogens with one attached hydrogen (secondary N) is 1. The Labute approximate surface area is 207 Å². The van der Waals surface area contributed by atoms with Crippen molar-refractivity contribution in [3.05, 3.63) is 27.7 Å². The zero-order chi connectivity index (χ0) is 23.4. The van der Waals surface area contributed by atoms with Crippen molar-refractivity contribution >= 4 is 46.7 Å². The lowest BCUT2D eigenvalue weighted by Crippen LogP contribution is -2.39. The van der Waals surface area contributed by atoms with E-state index < -0.39 is 0 Å². The van der Waals surface area contributed by atoms with Crippen LogP contribution in [0.5, 0.6) is 0 Å². The predicted octanol–water partition coefficient (Wildman–Crippen LogP) is 5.68. The molecule has 0 spiro atoms. The summed E-state index contributed by atoms with van der Waals surface area (Å²) in [5, 5.41) is 4.66. The molecule has 1 aromatic heterocycles. The second kappa shape index (κ2) is 11.1. The minimum Gasteiger partial charge on any atom is -0.368 e. The van der Waals surface area contributed by atoms with Crippen LogP contribution in [0.1, 0.15) is 57.4 Å². The molecule has 1 saturated carbocycles. The first-order valence-corrected chi connectivity index (χ1v) is 12.9. The van der Waals surface area contributed by atoms with Gasteiger partial charge in [0.05, 0.1) is 0 Å². The average molecular weight is 492 g/mol.